The smallest absolute Gasteiger partial charge is 0.306 e. The normalized spacial score (nSPS) is 18.1. The highest BCUT2D eigenvalue weighted by atomic mass is 35.5. The number of rotatable bonds is 4. The summed E-state index contributed by atoms with van der Waals surface area (Å²) in [7, 11) is -3.51. The summed E-state index contributed by atoms with van der Waals surface area (Å²) in [4.78, 5) is 10.9. The van der Waals surface area contributed by atoms with Gasteiger partial charge in [-0.1, -0.05) is 23.7 Å². The van der Waals surface area contributed by atoms with Gasteiger partial charge in [0.15, 0.2) is 0 Å². The van der Waals surface area contributed by atoms with Crippen molar-refractivity contribution in [1.29, 1.82) is 0 Å². The zero-order valence-corrected chi connectivity index (χ0v) is 12.8. The van der Waals surface area contributed by atoms with Gasteiger partial charge < -0.3 is 5.11 Å². The molecule has 1 aliphatic heterocycles. The lowest BCUT2D eigenvalue weighted by Crippen LogP contribution is -2.39. The van der Waals surface area contributed by atoms with Crippen LogP contribution in [0.15, 0.2) is 29.7 Å². The van der Waals surface area contributed by atoms with Crippen molar-refractivity contribution in [2.75, 3.05) is 13.1 Å². The van der Waals surface area contributed by atoms with Crippen molar-refractivity contribution in [3.8, 4) is 0 Å². The molecule has 0 saturated carbocycles. The molecular weight excluding hydrogens is 314 g/mol. The zero-order valence-electron chi connectivity index (χ0n) is 11.3. The van der Waals surface area contributed by atoms with Crippen LogP contribution in [-0.2, 0) is 14.8 Å². The van der Waals surface area contributed by atoms with Crippen LogP contribution in [0.3, 0.4) is 0 Å². The summed E-state index contributed by atoms with van der Waals surface area (Å²) in [6.45, 7) is 0.481. The van der Waals surface area contributed by atoms with Gasteiger partial charge in [-0.25, -0.2) is 8.42 Å². The van der Waals surface area contributed by atoms with Crippen molar-refractivity contribution in [1.82, 2.24) is 4.31 Å². The van der Waals surface area contributed by atoms with Gasteiger partial charge in [-0.05, 0) is 36.6 Å². The molecule has 1 heterocycles. The lowest BCUT2D eigenvalue weighted by atomic mass is 9.99. The fourth-order valence-corrected chi connectivity index (χ4v) is 3.53. The Labute approximate surface area is 128 Å². The third-order valence-electron chi connectivity index (χ3n) is 3.47. The Hall–Kier alpha value is -1.37. The first kappa shape index (κ1) is 16.0. The van der Waals surface area contributed by atoms with Crippen LogP contribution in [0.5, 0.6) is 0 Å². The molecule has 114 valence electrons. The Bertz CT molecular complexity index is 631. The number of benzene rings is 1. The Morgan fingerprint density at radius 2 is 1.81 bits per heavy atom. The summed E-state index contributed by atoms with van der Waals surface area (Å²) in [6, 6.07) is 6.83. The van der Waals surface area contributed by atoms with Gasteiger partial charge in [0.1, 0.15) is 0 Å². The maximum absolute atomic E-state index is 12.2. The van der Waals surface area contributed by atoms with Gasteiger partial charge >= 0.3 is 5.97 Å². The Morgan fingerprint density at radius 3 is 2.33 bits per heavy atom. The molecule has 0 amide bonds. The van der Waals surface area contributed by atoms with Gasteiger partial charge in [0.2, 0.25) is 10.0 Å². The molecule has 0 aliphatic carbocycles. The predicted molar refractivity (Wildman–Crippen MR) is 81.3 cm³/mol. The minimum absolute atomic E-state index is 0.240. The van der Waals surface area contributed by atoms with E-state index in [1.54, 1.807) is 24.3 Å². The van der Waals surface area contributed by atoms with Crippen LogP contribution in [0.25, 0.3) is 6.08 Å². The monoisotopic (exact) mass is 329 g/mol. The van der Waals surface area contributed by atoms with E-state index < -0.39 is 21.9 Å². The van der Waals surface area contributed by atoms with E-state index in [0.717, 1.165) is 11.0 Å². The molecule has 1 aromatic rings. The summed E-state index contributed by atoms with van der Waals surface area (Å²) >= 11 is 5.76. The molecule has 1 saturated heterocycles. The van der Waals surface area contributed by atoms with Crippen LogP contribution in [0, 0.1) is 5.92 Å². The fraction of sp³-hybridized carbons (Fsp3) is 0.357. The number of carbonyl (C=O) groups is 1. The molecule has 0 aromatic heterocycles. The number of sulfonamides is 1. The molecule has 5 nitrogen and oxygen atoms in total. The number of aliphatic carboxylic acids is 1. The number of carboxylic acids is 1. The molecule has 0 radical (unpaired) electrons. The molecule has 1 aliphatic rings. The van der Waals surface area contributed by atoms with Gasteiger partial charge in [0.25, 0.3) is 0 Å². The van der Waals surface area contributed by atoms with E-state index >= 15 is 0 Å². The van der Waals surface area contributed by atoms with Crippen molar-refractivity contribution < 1.29 is 18.3 Å². The van der Waals surface area contributed by atoms with Gasteiger partial charge in [-0.3, -0.25) is 4.79 Å². The van der Waals surface area contributed by atoms with Gasteiger partial charge in [-0.15, -0.1) is 0 Å². The number of hydrogen-bond donors (Lipinski definition) is 1. The van der Waals surface area contributed by atoms with Crippen LogP contribution in [0.1, 0.15) is 18.4 Å². The van der Waals surface area contributed by atoms with E-state index in [9.17, 15) is 13.2 Å². The van der Waals surface area contributed by atoms with Gasteiger partial charge in [0.05, 0.1) is 5.92 Å². The molecule has 0 atom stereocenters. The minimum atomic E-state index is -3.51. The van der Waals surface area contributed by atoms with E-state index in [2.05, 4.69) is 0 Å². The van der Waals surface area contributed by atoms with Crippen molar-refractivity contribution in [3.63, 3.8) is 0 Å². The zero-order chi connectivity index (χ0) is 15.5. The number of piperidine rings is 1. The first-order valence-electron chi connectivity index (χ1n) is 6.55. The number of carboxylic acid groups (broad SMARTS) is 1. The lowest BCUT2D eigenvalue weighted by Gasteiger charge is -2.28. The average Bonchev–Trinajstić information content (AvgIpc) is 2.47. The third-order valence-corrected chi connectivity index (χ3v) is 5.28. The third kappa shape index (κ3) is 4.30. The van der Waals surface area contributed by atoms with Crippen molar-refractivity contribution in [2.24, 2.45) is 5.92 Å². The molecule has 1 aromatic carbocycles. The van der Waals surface area contributed by atoms with E-state index in [1.165, 1.54) is 10.4 Å². The van der Waals surface area contributed by atoms with Crippen molar-refractivity contribution in [3.05, 3.63) is 40.3 Å². The highest BCUT2D eigenvalue weighted by Crippen LogP contribution is 2.21. The SMILES string of the molecule is O=C(O)C1CCN(S(=O)(=O)/C=C/c2ccc(Cl)cc2)CC1. The molecule has 0 bridgehead atoms. The van der Waals surface area contributed by atoms with E-state index in [4.69, 9.17) is 16.7 Å². The van der Waals surface area contributed by atoms with Crippen LogP contribution in [-0.4, -0.2) is 36.9 Å². The van der Waals surface area contributed by atoms with Gasteiger partial charge in [0, 0.05) is 23.5 Å². The summed E-state index contributed by atoms with van der Waals surface area (Å²) in [5.74, 6) is -1.31. The summed E-state index contributed by atoms with van der Waals surface area (Å²) in [5, 5.41) is 10.6. The molecule has 21 heavy (non-hydrogen) atoms. The molecule has 0 spiro atoms. The largest absolute Gasteiger partial charge is 0.481 e. The average molecular weight is 330 g/mol. The second-order valence-electron chi connectivity index (χ2n) is 4.91. The van der Waals surface area contributed by atoms with Crippen LogP contribution < -0.4 is 0 Å². The summed E-state index contributed by atoms with van der Waals surface area (Å²) in [6.07, 6.45) is 2.21. The number of halogens is 1. The first-order chi connectivity index (χ1) is 9.88. The highest BCUT2D eigenvalue weighted by molar-refractivity contribution is 7.92. The quantitative estimate of drug-likeness (QED) is 0.920. The molecular formula is C14H16ClNO4S. The van der Waals surface area contributed by atoms with Crippen molar-refractivity contribution in [2.45, 2.75) is 12.8 Å². The molecule has 1 fully saturated rings. The molecule has 7 heteroatoms. The lowest BCUT2D eigenvalue weighted by molar-refractivity contribution is -0.142. The molecule has 1 N–H and O–H groups in total. The van der Waals surface area contributed by atoms with Gasteiger partial charge in [-0.2, -0.15) is 4.31 Å². The summed E-state index contributed by atoms with van der Waals surface area (Å²) < 4.78 is 25.7. The topological polar surface area (TPSA) is 74.7 Å². The van der Waals surface area contributed by atoms with Crippen LogP contribution in [0.4, 0.5) is 0 Å². The van der Waals surface area contributed by atoms with E-state index in [0.29, 0.717) is 17.9 Å². The first-order valence-corrected chi connectivity index (χ1v) is 8.43. The minimum Gasteiger partial charge on any atom is -0.481 e. The Kier molecular flexibility index (Phi) is 5.03. The van der Waals surface area contributed by atoms with Crippen LogP contribution >= 0.6 is 11.6 Å². The van der Waals surface area contributed by atoms with Crippen molar-refractivity contribution >= 4 is 33.7 Å². The molecule has 0 unspecified atom stereocenters. The maximum Gasteiger partial charge on any atom is 0.306 e. The number of hydrogen-bond acceptors (Lipinski definition) is 3. The van der Waals surface area contributed by atoms with E-state index in [1.807, 2.05) is 0 Å². The standard InChI is InChI=1S/C14H16ClNO4S/c15-13-3-1-11(2-4-13)7-10-21(19,20)16-8-5-12(6-9-16)14(17)18/h1-4,7,10,12H,5-6,8-9H2,(H,17,18)/b10-7+. The summed E-state index contributed by atoms with van der Waals surface area (Å²) in [5.41, 5.74) is 0.739. The fourth-order valence-electron chi connectivity index (χ4n) is 2.18. The second-order valence-corrected chi connectivity index (χ2v) is 7.17. The number of nitrogens with zero attached hydrogens (tertiary/aromatic N) is 1. The second kappa shape index (κ2) is 6.60. The van der Waals surface area contributed by atoms with Crippen LogP contribution in [0.2, 0.25) is 5.02 Å². The Balaban J connectivity index is 2.02. The van der Waals surface area contributed by atoms with E-state index in [-0.39, 0.29) is 13.1 Å². The maximum atomic E-state index is 12.2. The predicted octanol–water partition coefficient (Wildman–Crippen LogP) is 2.44. The molecule has 2 rings (SSSR count). The highest BCUT2D eigenvalue weighted by Gasteiger charge is 2.29. The Morgan fingerprint density at radius 1 is 1.24 bits per heavy atom.